The minimum atomic E-state index is -0.683. The van der Waals surface area contributed by atoms with Crippen molar-refractivity contribution in [3.63, 3.8) is 0 Å². The van der Waals surface area contributed by atoms with Gasteiger partial charge in [-0.25, -0.2) is 9.18 Å². The number of nitrogens with zero attached hydrogens (tertiary/aromatic N) is 1. The van der Waals surface area contributed by atoms with Crippen LogP contribution in [0.4, 0.5) is 4.39 Å². The zero-order valence-electron chi connectivity index (χ0n) is 8.51. The van der Waals surface area contributed by atoms with Crippen LogP contribution in [0.25, 0.3) is 0 Å². The summed E-state index contributed by atoms with van der Waals surface area (Å²) >= 11 is 0. The minimum Gasteiger partial charge on any atom is -0.507 e. The van der Waals surface area contributed by atoms with Gasteiger partial charge in [-0.1, -0.05) is 11.2 Å². The van der Waals surface area contributed by atoms with Crippen molar-refractivity contribution in [1.82, 2.24) is 0 Å². The maximum Gasteiger partial charge on any atom is 0.352 e. The van der Waals surface area contributed by atoms with Crippen LogP contribution in [-0.4, -0.2) is 24.4 Å². The van der Waals surface area contributed by atoms with E-state index in [1.165, 1.54) is 25.3 Å². The summed E-state index contributed by atoms with van der Waals surface area (Å²) in [5.41, 5.74) is -0.0236. The summed E-state index contributed by atoms with van der Waals surface area (Å²) in [7, 11) is 1.19. The van der Waals surface area contributed by atoms with Crippen LogP contribution in [0.2, 0.25) is 0 Å². The smallest absolute Gasteiger partial charge is 0.352 e. The first-order valence-corrected chi connectivity index (χ1v) is 4.34. The van der Waals surface area contributed by atoms with Crippen molar-refractivity contribution in [3.05, 3.63) is 29.6 Å². The Bertz CT molecular complexity index is 386. The van der Waals surface area contributed by atoms with Crippen LogP contribution in [0.3, 0.4) is 0 Å². The van der Waals surface area contributed by atoms with E-state index in [0.717, 1.165) is 6.21 Å². The van der Waals surface area contributed by atoms with Crippen LogP contribution < -0.4 is 0 Å². The summed E-state index contributed by atoms with van der Waals surface area (Å²) < 4.78 is 17.4. The highest BCUT2D eigenvalue weighted by molar-refractivity contribution is 6.22. The van der Waals surface area contributed by atoms with Gasteiger partial charge in [0, 0.05) is 0 Å². The van der Waals surface area contributed by atoms with Crippen molar-refractivity contribution in [2.45, 2.75) is 6.61 Å². The third kappa shape index (κ3) is 3.23. The standard InChI is InChI=1S/C10H10FNO4/c1-15-10(14)5-12-16-6-7-8(11)3-2-4-9(7)13/h2-5,13H,6H2,1H3. The predicted molar refractivity (Wildman–Crippen MR) is 53.4 cm³/mol. The van der Waals surface area contributed by atoms with Crippen LogP contribution in [-0.2, 0) is 21.0 Å². The molecule has 0 atom stereocenters. The van der Waals surface area contributed by atoms with E-state index in [-0.39, 0.29) is 17.9 Å². The molecule has 0 unspecified atom stereocenters. The first-order chi connectivity index (χ1) is 7.65. The van der Waals surface area contributed by atoms with Gasteiger partial charge in [-0.3, -0.25) is 0 Å². The lowest BCUT2D eigenvalue weighted by Gasteiger charge is -2.03. The molecule has 0 aliphatic rings. The molecule has 0 radical (unpaired) electrons. The number of hydrogen-bond donors (Lipinski definition) is 1. The third-order valence-electron chi connectivity index (χ3n) is 1.74. The summed E-state index contributed by atoms with van der Waals surface area (Å²) in [5.74, 6) is -1.51. The maximum atomic E-state index is 13.1. The van der Waals surface area contributed by atoms with Crippen LogP contribution in [0.5, 0.6) is 5.75 Å². The monoisotopic (exact) mass is 227 g/mol. The predicted octanol–water partition coefficient (Wildman–Crippen LogP) is 1.21. The Labute approximate surface area is 91.1 Å². The van der Waals surface area contributed by atoms with Crippen molar-refractivity contribution in [2.24, 2.45) is 5.16 Å². The zero-order valence-corrected chi connectivity index (χ0v) is 8.51. The number of rotatable bonds is 4. The van der Waals surface area contributed by atoms with Crippen LogP contribution >= 0.6 is 0 Å². The number of ether oxygens (including phenoxy) is 1. The molecule has 0 fully saturated rings. The minimum absolute atomic E-state index is 0.0236. The van der Waals surface area contributed by atoms with Gasteiger partial charge < -0.3 is 14.7 Å². The summed E-state index contributed by atoms with van der Waals surface area (Å²) in [5, 5.41) is 12.5. The van der Waals surface area contributed by atoms with E-state index in [1.807, 2.05) is 0 Å². The zero-order chi connectivity index (χ0) is 12.0. The first-order valence-electron chi connectivity index (χ1n) is 4.34. The van der Waals surface area contributed by atoms with Crippen molar-refractivity contribution < 1.29 is 23.9 Å². The molecule has 0 amide bonds. The number of aromatic hydroxyl groups is 1. The van der Waals surface area contributed by atoms with Gasteiger partial charge in [0.15, 0.2) is 6.21 Å². The lowest BCUT2D eigenvalue weighted by atomic mass is 10.2. The van der Waals surface area contributed by atoms with E-state index >= 15 is 0 Å². The molecule has 0 spiro atoms. The number of methoxy groups -OCH3 is 1. The van der Waals surface area contributed by atoms with Crippen LogP contribution in [0, 0.1) is 5.82 Å². The third-order valence-corrected chi connectivity index (χ3v) is 1.74. The number of oxime groups is 1. The number of hydrogen-bond acceptors (Lipinski definition) is 5. The highest BCUT2D eigenvalue weighted by Gasteiger charge is 2.07. The van der Waals surface area contributed by atoms with E-state index in [1.54, 1.807) is 0 Å². The molecule has 1 aromatic carbocycles. The molecule has 86 valence electrons. The summed E-state index contributed by atoms with van der Waals surface area (Å²) in [4.78, 5) is 15.2. The molecule has 0 bridgehead atoms. The van der Waals surface area contributed by atoms with Gasteiger partial charge in [0.1, 0.15) is 18.2 Å². The molecule has 6 heteroatoms. The van der Waals surface area contributed by atoms with Crippen LogP contribution in [0.15, 0.2) is 23.4 Å². The van der Waals surface area contributed by atoms with Gasteiger partial charge in [-0.15, -0.1) is 0 Å². The Balaban J connectivity index is 2.55. The Morgan fingerprint density at radius 3 is 3.00 bits per heavy atom. The summed E-state index contributed by atoms with van der Waals surface area (Å²) in [6.07, 6.45) is 0.803. The number of phenols is 1. The first kappa shape index (κ1) is 12.0. The summed E-state index contributed by atoms with van der Waals surface area (Å²) in [6.45, 7) is -0.272. The number of benzene rings is 1. The number of halogens is 1. The van der Waals surface area contributed by atoms with Crippen molar-refractivity contribution in [1.29, 1.82) is 0 Å². The molecule has 5 nitrogen and oxygen atoms in total. The SMILES string of the molecule is COC(=O)C=NOCc1c(O)cccc1F. The second kappa shape index (κ2) is 5.69. The van der Waals surface area contributed by atoms with E-state index < -0.39 is 11.8 Å². The number of carbonyl (C=O) groups excluding carboxylic acids is 1. The highest BCUT2D eigenvalue weighted by atomic mass is 19.1. The van der Waals surface area contributed by atoms with Gasteiger partial charge in [-0.2, -0.15) is 0 Å². The molecule has 0 saturated carbocycles. The maximum absolute atomic E-state index is 13.1. The Kier molecular flexibility index (Phi) is 4.26. The van der Waals surface area contributed by atoms with Gasteiger partial charge in [0.2, 0.25) is 0 Å². The molecule has 16 heavy (non-hydrogen) atoms. The van der Waals surface area contributed by atoms with Gasteiger partial charge in [0.05, 0.1) is 12.7 Å². The van der Waals surface area contributed by atoms with Gasteiger partial charge in [-0.05, 0) is 12.1 Å². The fourth-order valence-electron chi connectivity index (χ4n) is 0.925. The Morgan fingerprint density at radius 1 is 1.62 bits per heavy atom. The van der Waals surface area contributed by atoms with E-state index in [0.29, 0.717) is 0 Å². The second-order valence-electron chi connectivity index (χ2n) is 2.77. The largest absolute Gasteiger partial charge is 0.507 e. The fourth-order valence-corrected chi connectivity index (χ4v) is 0.925. The van der Waals surface area contributed by atoms with Crippen molar-refractivity contribution in [3.8, 4) is 5.75 Å². The van der Waals surface area contributed by atoms with Gasteiger partial charge >= 0.3 is 5.97 Å². The highest BCUT2D eigenvalue weighted by Crippen LogP contribution is 2.20. The Morgan fingerprint density at radius 2 is 2.38 bits per heavy atom. The fraction of sp³-hybridized carbons (Fsp3) is 0.200. The molecule has 0 aromatic heterocycles. The quantitative estimate of drug-likeness (QED) is 0.477. The molecular weight excluding hydrogens is 217 g/mol. The molecule has 1 N–H and O–H groups in total. The lowest BCUT2D eigenvalue weighted by Crippen LogP contribution is -2.01. The molecule has 0 aliphatic heterocycles. The molecule has 1 rings (SSSR count). The molecule has 1 aromatic rings. The molecule has 0 heterocycles. The second-order valence-corrected chi connectivity index (χ2v) is 2.77. The molecular formula is C10H10FNO4. The van der Waals surface area contributed by atoms with E-state index in [4.69, 9.17) is 0 Å². The number of carbonyl (C=O) groups is 1. The van der Waals surface area contributed by atoms with E-state index in [2.05, 4.69) is 14.7 Å². The number of esters is 1. The molecule has 0 saturated heterocycles. The van der Waals surface area contributed by atoms with Gasteiger partial charge in [0.25, 0.3) is 0 Å². The normalized spacial score (nSPS) is 10.4. The van der Waals surface area contributed by atoms with Crippen molar-refractivity contribution >= 4 is 12.2 Å². The van der Waals surface area contributed by atoms with Crippen LogP contribution in [0.1, 0.15) is 5.56 Å². The van der Waals surface area contributed by atoms with Crippen molar-refractivity contribution in [2.75, 3.05) is 7.11 Å². The van der Waals surface area contributed by atoms with E-state index in [9.17, 15) is 14.3 Å². The lowest BCUT2D eigenvalue weighted by molar-refractivity contribution is -0.132. The molecule has 0 aliphatic carbocycles. The Hall–Kier alpha value is -2.11. The number of phenolic OH excluding ortho intramolecular Hbond substituents is 1. The topological polar surface area (TPSA) is 68.1 Å². The summed E-state index contributed by atoms with van der Waals surface area (Å²) in [6, 6.07) is 3.88. The average Bonchev–Trinajstić information content (AvgIpc) is 2.27. The average molecular weight is 227 g/mol.